The van der Waals surface area contributed by atoms with Gasteiger partial charge in [-0.3, -0.25) is 9.69 Å². The molecule has 128 valence electrons. The number of rotatable bonds is 5. The summed E-state index contributed by atoms with van der Waals surface area (Å²) in [6, 6.07) is 2.18. The average Bonchev–Trinajstić information content (AvgIpc) is 2.91. The van der Waals surface area contributed by atoms with E-state index in [4.69, 9.17) is 4.74 Å². The standard InChI is InChI=1S/C16H25N3O3S/c1-16(2,3)22-15(21)18-10-14(20)17-6-8-19-7-4-13-12(11-19)5-9-23-13/h5,9H,4,6-8,10-11H2,1-3H3,(H,17,20)(H,18,21). The second kappa shape index (κ2) is 7.79. The molecule has 0 bridgehead atoms. The minimum absolute atomic E-state index is 0.0659. The highest BCUT2D eigenvalue weighted by atomic mass is 32.1. The van der Waals surface area contributed by atoms with E-state index in [9.17, 15) is 9.59 Å². The SMILES string of the molecule is CC(C)(C)OC(=O)NCC(=O)NCCN1CCc2sccc2C1. The highest BCUT2D eigenvalue weighted by molar-refractivity contribution is 7.10. The van der Waals surface area contributed by atoms with E-state index in [-0.39, 0.29) is 12.5 Å². The van der Waals surface area contributed by atoms with Crippen LogP contribution in [0, 0.1) is 0 Å². The van der Waals surface area contributed by atoms with Gasteiger partial charge in [-0.2, -0.15) is 0 Å². The number of nitrogens with one attached hydrogen (secondary N) is 2. The Morgan fingerprint density at radius 3 is 2.87 bits per heavy atom. The lowest BCUT2D eigenvalue weighted by Gasteiger charge is -2.26. The Balaban J connectivity index is 1.59. The number of hydrogen-bond donors (Lipinski definition) is 2. The normalized spacial score (nSPS) is 14.9. The Morgan fingerprint density at radius 1 is 1.35 bits per heavy atom. The molecule has 0 aliphatic carbocycles. The Labute approximate surface area is 141 Å². The fraction of sp³-hybridized carbons (Fsp3) is 0.625. The smallest absolute Gasteiger partial charge is 0.408 e. The Bertz CT molecular complexity index is 551. The molecule has 2 rings (SSSR count). The summed E-state index contributed by atoms with van der Waals surface area (Å²) in [5, 5.41) is 7.41. The van der Waals surface area contributed by atoms with E-state index in [0.717, 1.165) is 26.1 Å². The molecule has 23 heavy (non-hydrogen) atoms. The molecule has 2 N–H and O–H groups in total. The van der Waals surface area contributed by atoms with Crippen molar-refractivity contribution in [2.75, 3.05) is 26.2 Å². The minimum Gasteiger partial charge on any atom is -0.444 e. The monoisotopic (exact) mass is 339 g/mol. The van der Waals surface area contributed by atoms with Crippen molar-refractivity contribution in [2.24, 2.45) is 0 Å². The maximum absolute atomic E-state index is 11.7. The minimum atomic E-state index is -0.575. The number of alkyl carbamates (subject to hydrolysis) is 1. The summed E-state index contributed by atoms with van der Waals surface area (Å²) in [6.45, 7) is 8.65. The van der Waals surface area contributed by atoms with E-state index >= 15 is 0 Å². The van der Waals surface area contributed by atoms with Gasteiger partial charge >= 0.3 is 6.09 Å². The average molecular weight is 339 g/mol. The van der Waals surface area contributed by atoms with E-state index in [1.165, 1.54) is 10.4 Å². The first-order valence-electron chi connectivity index (χ1n) is 7.84. The molecule has 0 unspecified atom stereocenters. The molecule has 0 aromatic carbocycles. The van der Waals surface area contributed by atoms with Crippen molar-refractivity contribution in [1.82, 2.24) is 15.5 Å². The molecule has 0 saturated carbocycles. The van der Waals surface area contributed by atoms with Crippen LogP contribution in [0.2, 0.25) is 0 Å². The van der Waals surface area contributed by atoms with Crippen LogP contribution in [0.3, 0.4) is 0 Å². The zero-order chi connectivity index (χ0) is 16.9. The van der Waals surface area contributed by atoms with Gasteiger partial charge in [-0.25, -0.2) is 4.79 Å². The van der Waals surface area contributed by atoms with E-state index in [0.29, 0.717) is 6.54 Å². The van der Waals surface area contributed by atoms with Gasteiger partial charge in [0.15, 0.2) is 0 Å². The van der Waals surface area contributed by atoms with Crippen LogP contribution in [-0.2, 0) is 22.5 Å². The molecule has 1 aromatic rings. The molecule has 1 aliphatic heterocycles. The predicted molar refractivity (Wildman–Crippen MR) is 90.5 cm³/mol. The largest absolute Gasteiger partial charge is 0.444 e. The van der Waals surface area contributed by atoms with Gasteiger partial charge in [-0.1, -0.05) is 0 Å². The molecule has 0 saturated heterocycles. The van der Waals surface area contributed by atoms with Crippen LogP contribution in [0.4, 0.5) is 4.79 Å². The van der Waals surface area contributed by atoms with Gasteiger partial charge < -0.3 is 15.4 Å². The van der Waals surface area contributed by atoms with Gasteiger partial charge in [0.2, 0.25) is 5.91 Å². The number of nitrogens with zero attached hydrogens (tertiary/aromatic N) is 1. The van der Waals surface area contributed by atoms with Crippen LogP contribution in [0.5, 0.6) is 0 Å². The molecule has 0 atom stereocenters. The summed E-state index contributed by atoms with van der Waals surface area (Å²) in [7, 11) is 0. The highest BCUT2D eigenvalue weighted by Gasteiger charge is 2.18. The molecule has 1 aromatic heterocycles. The summed E-state index contributed by atoms with van der Waals surface area (Å²) in [5.74, 6) is -0.205. The Hall–Kier alpha value is -1.60. The first-order valence-corrected chi connectivity index (χ1v) is 8.72. The zero-order valence-electron chi connectivity index (χ0n) is 14.0. The van der Waals surface area contributed by atoms with Gasteiger partial charge in [0.1, 0.15) is 5.60 Å². The number of hydrogen-bond acceptors (Lipinski definition) is 5. The molecule has 2 amide bonds. The Kier molecular flexibility index (Phi) is 6.01. The van der Waals surface area contributed by atoms with E-state index in [1.54, 1.807) is 20.8 Å². The van der Waals surface area contributed by atoms with Crippen molar-refractivity contribution in [3.63, 3.8) is 0 Å². The lowest BCUT2D eigenvalue weighted by molar-refractivity contribution is -0.120. The van der Waals surface area contributed by atoms with E-state index < -0.39 is 11.7 Å². The van der Waals surface area contributed by atoms with Gasteiger partial charge in [0, 0.05) is 31.1 Å². The van der Waals surface area contributed by atoms with Gasteiger partial charge in [0.05, 0.1) is 6.54 Å². The molecule has 0 spiro atoms. The number of carbonyl (C=O) groups excluding carboxylic acids is 2. The van der Waals surface area contributed by atoms with Gasteiger partial charge in [-0.05, 0) is 44.2 Å². The van der Waals surface area contributed by atoms with Gasteiger partial charge in [-0.15, -0.1) is 11.3 Å². The third-order valence-electron chi connectivity index (χ3n) is 3.43. The molecule has 0 radical (unpaired) electrons. The van der Waals surface area contributed by atoms with Crippen molar-refractivity contribution < 1.29 is 14.3 Å². The fourth-order valence-corrected chi connectivity index (χ4v) is 3.27. The first kappa shape index (κ1) is 17.7. The maximum Gasteiger partial charge on any atom is 0.408 e. The first-order chi connectivity index (χ1) is 10.8. The molecular formula is C16H25N3O3S. The second-order valence-corrected chi connectivity index (χ2v) is 7.60. The Morgan fingerprint density at radius 2 is 2.13 bits per heavy atom. The molecule has 6 nitrogen and oxygen atoms in total. The summed E-state index contributed by atoms with van der Waals surface area (Å²) in [6.07, 6.45) is 0.509. The predicted octanol–water partition coefficient (Wildman–Crippen LogP) is 1.75. The summed E-state index contributed by atoms with van der Waals surface area (Å²) in [5.41, 5.74) is 0.842. The van der Waals surface area contributed by atoms with Crippen LogP contribution in [-0.4, -0.2) is 48.7 Å². The van der Waals surface area contributed by atoms with Crippen molar-refractivity contribution >= 4 is 23.3 Å². The number of amides is 2. The maximum atomic E-state index is 11.7. The quantitative estimate of drug-likeness (QED) is 0.857. The van der Waals surface area contributed by atoms with Crippen molar-refractivity contribution in [3.05, 3.63) is 21.9 Å². The lowest BCUT2D eigenvalue weighted by atomic mass is 10.1. The van der Waals surface area contributed by atoms with Crippen LogP contribution in [0.1, 0.15) is 31.2 Å². The van der Waals surface area contributed by atoms with E-state index in [1.807, 2.05) is 11.3 Å². The number of ether oxygens (including phenoxy) is 1. The van der Waals surface area contributed by atoms with E-state index in [2.05, 4.69) is 27.0 Å². The third-order valence-corrected chi connectivity index (χ3v) is 4.45. The van der Waals surface area contributed by atoms with Crippen LogP contribution >= 0.6 is 11.3 Å². The zero-order valence-corrected chi connectivity index (χ0v) is 14.8. The topological polar surface area (TPSA) is 70.7 Å². The van der Waals surface area contributed by atoms with Crippen molar-refractivity contribution in [1.29, 1.82) is 0 Å². The fourth-order valence-electron chi connectivity index (χ4n) is 2.38. The van der Waals surface area contributed by atoms with Crippen molar-refractivity contribution in [3.8, 4) is 0 Å². The summed E-state index contributed by atoms with van der Waals surface area (Å²) in [4.78, 5) is 27.0. The van der Waals surface area contributed by atoms with Crippen LogP contribution < -0.4 is 10.6 Å². The number of carbonyl (C=O) groups is 2. The summed E-state index contributed by atoms with van der Waals surface area (Å²) < 4.78 is 5.08. The third kappa shape index (κ3) is 6.19. The van der Waals surface area contributed by atoms with Crippen LogP contribution in [0.15, 0.2) is 11.4 Å². The molecule has 2 heterocycles. The number of thiophene rings is 1. The lowest BCUT2D eigenvalue weighted by Crippen LogP contribution is -2.42. The van der Waals surface area contributed by atoms with Crippen molar-refractivity contribution in [2.45, 2.75) is 39.3 Å². The second-order valence-electron chi connectivity index (χ2n) is 6.60. The molecule has 7 heteroatoms. The molecule has 1 aliphatic rings. The molecular weight excluding hydrogens is 314 g/mol. The highest BCUT2D eigenvalue weighted by Crippen LogP contribution is 2.23. The summed E-state index contributed by atoms with van der Waals surface area (Å²) >= 11 is 1.82. The van der Waals surface area contributed by atoms with Gasteiger partial charge in [0.25, 0.3) is 0 Å². The number of fused-ring (bicyclic) bond motifs is 1. The molecule has 0 fully saturated rings. The van der Waals surface area contributed by atoms with Crippen LogP contribution in [0.25, 0.3) is 0 Å².